The fourth-order valence-electron chi connectivity index (χ4n) is 5.02. The summed E-state index contributed by atoms with van der Waals surface area (Å²) in [4.78, 5) is 27.8. The number of benzene rings is 3. The van der Waals surface area contributed by atoms with E-state index in [4.69, 9.17) is 26.2 Å². The van der Waals surface area contributed by atoms with E-state index in [1.807, 2.05) is 53.9 Å². The minimum absolute atomic E-state index is 0.0583. The molecule has 6 rings (SSSR count). The van der Waals surface area contributed by atoms with Crippen LogP contribution in [0.1, 0.15) is 39.1 Å². The number of aromatic nitrogens is 3. The molecular formula is C33H29ClN6O4S2. The molecule has 3 aromatic carbocycles. The normalized spacial score (nSPS) is 14.2. The van der Waals surface area contributed by atoms with Crippen molar-refractivity contribution in [2.75, 3.05) is 20.0 Å². The van der Waals surface area contributed by atoms with E-state index in [1.54, 1.807) is 71.5 Å². The summed E-state index contributed by atoms with van der Waals surface area (Å²) in [6.07, 6.45) is 0.596. The highest BCUT2D eigenvalue weighted by atomic mass is 35.5. The Kier molecular flexibility index (Phi) is 9.67. The van der Waals surface area contributed by atoms with E-state index in [0.29, 0.717) is 39.4 Å². The topological polar surface area (TPSA) is 111 Å². The average molecular weight is 673 g/mol. The van der Waals surface area contributed by atoms with Crippen molar-refractivity contribution >= 4 is 52.2 Å². The van der Waals surface area contributed by atoms with Crippen molar-refractivity contribution in [1.82, 2.24) is 25.1 Å². The fraction of sp³-hybridized carbons (Fsp3) is 0.182. The number of nitrogens with one attached hydrogen (secondary N) is 1. The Morgan fingerprint density at radius 2 is 1.78 bits per heavy atom. The molecule has 0 saturated carbocycles. The summed E-state index contributed by atoms with van der Waals surface area (Å²) >= 11 is 9.18. The van der Waals surface area contributed by atoms with Gasteiger partial charge in [-0.25, -0.2) is 5.01 Å². The van der Waals surface area contributed by atoms with Crippen LogP contribution in [0.4, 0.5) is 0 Å². The van der Waals surface area contributed by atoms with Gasteiger partial charge in [0, 0.05) is 17.0 Å². The number of nitrogens with zero attached hydrogens (tertiary/aromatic N) is 5. The van der Waals surface area contributed by atoms with Gasteiger partial charge in [-0.05, 0) is 65.5 Å². The first-order valence-corrected chi connectivity index (χ1v) is 16.5. The van der Waals surface area contributed by atoms with E-state index >= 15 is 0 Å². The summed E-state index contributed by atoms with van der Waals surface area (Å²) in [5, 5.41) is 21.0. The van der Waals surface area contributed by atoms with Crippen molar-refractivity contribution in [1.29, 1.82) is 0 Å². The fourth-order valence-corrected chi connectivity index (χ4v) is 6.75. The highest BCUT2D eigenvalue weighted by molar-refractivity contribution is 7.99. The van der Waals surface area contributed by atoms with Crippen LogP contribution >= 0.6 is 34.7 Å². The zero-order valence-electron chi connectivity index (χ0n) is 24.9. The Bertz CT molecular complexity index is 1880. The van der Waals surface area contributed by atoms with E-state index in [0.717, 1.165) is 21.9 Å². The molecule has 0 radical (unpaired) electrons. The van der Waals surface area contributed by atoms with Crippen LogP contribution in [-0.4, -0.2) is 57.3 Å². The molecule has 0 unspecified atom stereocenters. The molecule has 2 amide bonds. The number of carbonyl (C=O) groups is 2. The molecule has 1 aliphatic heterocycles. The highest BCUT2D eigenvalue weighted by Gasteiger charge is 2.34. The van der Waals surface area contributed by atoms with Gasteiger partial charge in [0.15, 0.2) is 11.0 Å². The Morgan fingerprint density at radius 3 is 2.52 bits per heavy atom. The van der Waals surface area contributed by atoms with Crippen LogP contribution in [0.2, 0.25) is 5.02 Å². The number of methoxy groups -OCH3 is 2. The van der Waals surface area contributed by atoms with Gasteiger partial charge in [-0.15, -0.1) is 21.5 Å². The Morgan fingerprint density at radius 1 is 0.978 bits per heavy atom. The lowest BCUT2D eigenvalue weighted by molar-refractivity contribution is -0.130. The van der Waals surface area contributed by atoms with Crippen LogP contribution in [0.3, 0.4) is 0 Å². The average Bonchev–Trinajstić information content (AvgIpc) is 3.86. The van der Waals surface area contributed by atoms with Gasteiger partial charge in [0.1, 0.15) is 11.5 Å². The zero-order valence-corrected chi connectivity index (χ0v) is 27.3. The zero-order chi connectivity index (χ0) is 32.0. The van der Waals surface area contributed by atoms with Gasteiger partial charge in [-0.3, -0.25) is 14.2 Å². The van der Waals surface area contributed by atoms with Crippen molar-refractivity contribution in [2.24, 2.45) is 5.10 Å². The van der Waals surface area contributed by atoms with Crippen LogP contribution in [-0.2, 0) is 11.3 Å². The number of carbonyl (C=O) groups excluding carboxylic acids is 2. The molecule has 1 aliphatic rings. The maximum atomic E-state index is 13.8. The quantitative estimate of drug-likeness (QED) is 0.162. The molecule has 0 bridgehead atoms. The van der Waals surface area contributed by atoms with E-state index in [1.165, 1.54) is 11.8 Å². The SMILES string of the molecule is COc1ccc([C@@H]2CC(c3cccs3)=NN2C(=O)CSc2nnc(CNC(=O)c3cccc(OC)c3)n2-c2cccc(Cl)c2)cc1. The molecular weight excluding hydrogens is 644 g/mol. The first-order chi connectivity index (χ1) is 22.4. The van der Waals surface area contributed by atoms with Crippen LogP contribution in [0.15, 0.2) is 101 Å². The summed E-state index contributed by atoms with van der Waals surface area (Å²) in [5.41, 5.74) is 2.98. The summed E-state index contributed by atoms with van der Waals surface area (Å²) in [6.45, 7) is 0.0875. The number of thioether (sulfide) groups is 1. The van der Waals surface area contributed by atoms with E-state index in [-0.39, 0.29) is 30.2 Å². The van der Waals surface area contributed by atoms with Crippen LogP contribution in [0, 0.1) is 0 Å². The smallest absolute Gasteiger partial charge is 0.253 e. The Labute approximate surface area is 279 Å². The molecule has 13 heteroatoms. The van der Waals surface area contributed by atoms with Crippen molar-refractivity contribution in [3.63, 3.8) is 0 Å². The van der Waals surface area contributed by atoms with Crippen molar-refractivity contribution in [3.05, 3.63) is 117 Å². The van der Waals surface area contributed by atoms with Gasteiger partial charge in [0.25, 0.3) is 11.8 Å². The maximum Gasteiger partial charge on any atom is 0.253 e. The predicted molar refractivity (Wildman–Crippen MR) is 179 cm³/mol. The lowest BCUT2D eigenvalue weighted by Gasteiger charge is -2.22. The van der Waals surface area contributed by atoms with E-state index < -0.39 is 0 Å². The largest absolute Gasteiger partial charge is 0.497 e. The van der Waals surface area contributed by atoms with Gasteiger partial charge in [-0.1, -0.05) is 53.7 Å². The molecule has 1 atom stereocenters. The number of amides is 2. The van der Waals surface area contributed by atoms with Crippen LogP contribution < -0.4 is 14.8 Å². The number of hydrazone groups is 1. The summed E-state index contributed by atoms with van der Waals surface area (Å²) in [7, 11) is 3.17. The first kappa shape index (κ1) is 31.3. The number of rotatable bonds is 11. The van der Waals surface area contributed by atoms with Gasteiger partial charge in [-0.2, -0.15) is 5.10 Å². The number of halogens is 1. The minimum atomic E-state index is -0.290. The summed E-state index contributed by atoms with van der Waals surface area (Å²) in [6, 6.07) is 25.6. The molecule has 0 aliphatic carbocycles. The Hall–Kier alpha value is -4.65. The second-order valence-electron chi connectivity index (χ2n) is 10.2. The third kappa shape index (κ3) is 6.94. The van der Waals surface area contributed by atoms with Crippen molar-refractivity contribution in [2.45, 2.75) is 24.2 Å². The lowest BCUT2D eigenvalue weighted by atomic mass is 10.0. The van der Waals surface area contributed by atoms with Gasteiger partial charge in [0.05, 0.1) is 48.8 Å². The van der Waals surface area contributed by atoms with Crippen LogP contribution in [0.25, 0.3) is 5.69 Å². The summed E-state index contributed by atoms with van der Waals surface area (Å²) < 4.78 is 12.4. The molecule has 234 valence electrons. The van der Waals surface area contributed by atoms with E-state index in [2.05, 4.69) is 15.5 Å². The molecule has 46 heavy (non-hydrogen) atoms. The maximum absolute atomic E-state index is 13.8. The standard InChI is InChI=1S/C33H29ClN6O4S2/c1-43-25-13-11-21(12-14-25)28-18-27(29-10-5-15-45-29)38-40(28)31(41)20-46-33-37-36-30(39(33)24-8-4-7-23(34)17-24)19-35-32(42)22-6-3-9-26(16-22)44-2/h3-17,28H,18-20H2,1-2H3,(H,35,42)/t28-/m0/s1. The number of hydrogen-bond acceptors (Lipinski definition) is 9. The molecule has 3 heterocycles. The third-order valence-corrected chi connectivity index (χ3v) is 9.37. The number of ether oxygens (including phenoxy) is 2. The number of thiophene rings is 1. The number of hydrogen-bond donors (Lipinski definition) is 1. The second-order valence-corrected chi connectivity index (χ2v) is 12.5. The van der Waals surface area contributed by atoms with Gasteiger partial charge in [0.2, 0.25) is 0 Å². The molecule has 0 spiro atoms. The molecule has 2 aromatic heterocycles. The predicted octanol–water partition coefficient (Wildman–Crippen LogP) is 6.40. The lowest BCUT2D eigenvalue weighted by Crippen LogP contribution is -2.28. The van der Waals surface area contributed by atoms with Crippen molar-refractivity contribution < 1.29 is 19.1 Å². The highest BCUT2D eigenvalue weighted by Crippen LogP contribution is 2.35. The molecule has 5 aromatic rings. The minimum Gasteiger partial charge on any atom is -0.497 e. The van der Waals surface area contributed by atoms with Gasteiger partial charge < -0.3 is 14.8 Å². The molecule has 0 fully saturated rings. The second kappa shape index (κ2) is 14.2. The van der Waals surface area contributed by atoms with E-state index in [9.17, 15) is 9.59 Å². The third-order valence-electron chi connectivity index (χ3n) is 7.30. The molecule has 10 nitrogen and oxygen atoms in total. The van der Waals surface area contributed by atoms with Crippen molar-refractivity contribution in [3.8, 4) is 17.2 Å². The molecule has 0 saturated heterocycles. The van der Waals surface area contributed by atoms with Gasteiger partial charge >= 0.3 is 0 Å². The summed E-state index contributed by atoms with van der Waals surface area (Å²) in [5.74, 6) is 1.39. The Balaban J connectivity index is 1.23. The monoisotopic (exact) mass is 672 g/mol. The molecule has 1 N–H and O–H groups in total. The van der Waals surface area contributed by atoms with Crippen LogP contribution in [0.5, 0.6) is 11.5 Å². The first-order valence-electron chi connectivity index (χ1n) is 14.3.